The molecule has 4 heteroatoms. The number of ether oxygens (including phenoxy) is 1. The standard InChI is InChI=1S/C17H25N3O/c1-11(2)14-7-6-12(3)16(10-14)21-17-15(8-9-18)13(4)19-20(17)5/h6-7,10-11H,8-9,18H2,1-5H3. The van der Waals surface area contributed by atoms with E-state index in [9.17, 15) is 0 Å². The summed E-state index contributed by atoms with van der Waals surface area (Å²) < 4.78 is 7.97. The summed E-state index contributed by atoms with van der Waals surface area (Å²) in [6.07, 6.45) is 0.776. The Kier molecular flexibility index (Phi) is 4.68. The van der Waals surface area contributed by atoms with Crippen molar-refractivity contribution in [3.63, 3.8) is 0 Å². The van der Waals surface area contributed by atoms with Crippen molar-refractivity contribution in [2.45, 2.75) is 40.0 Å². The van der Waals surface area contributed by atoms with Crippen LogP contribution in [0.15, 0.2) is 18.2 Å². The summed E-state index contributed by atoms with van der Waals surface area (Å²) in [4.78, 5) is 0. The Morgan fingerprint density at radius 1 is 1.29 bits per heavy atom. The van der Waals surface area contributed by atoms with Crippen LogP contribution < -0.4 is 10.5 Å². The highest BCUT2D eigenvalue weighted by atomic mass is 16.5. The van der Waals surface area contributed by atoms with Gasteiger partial charge in [0.2, 0.25) is 5.88 Å². The number of nitrogens with zero attached hydrogens (tertiary/aromatic N) is 2. The molecule has 1 aromatic heterocycles. The van der Waals surface area contributed by atoms with Gasteiger partial charge in [0.15, 0.2) is 0 Å². The molecule has 0 aliphatic heterocycles. The first-order valence-electron chi connectivity index (χ1n) is 7.45. The van der Waals surface area contributed by atoms with E-state index in [0.29, 0.717) is 12.5 Å². The molecule has 0 atom stereocenters. The minimum atomic E-state index is 0.477. The summed E-state index contributed by atoms with van der Waals surface area (Å²) in [5.41, 5.74) is 10.2. The fraction of sp³-hybridized carbons (Fsp3) is 0.471. The third-order valence-corrected chi connectivity index (χ3v) is 3.77. The SMILES string of the molecule is Cc1ccc(C(C)C)cc1Oc1c(CCN)c(C)nn1C. The molecule has 114 valence electrons. The molecule has 0 unspecified atom stereocenters. The number of aromatic nitrogens is 2. The van der Waals surface area contributed by atoms with Gasteiger partial charge in [-0.05, 0) is 49.9 Å². The molecule has 2 N–H and O–H groups in total. The van der Waals surface area contributed by atoms with E-state index in [1.165, 1.54) is 5.56 Å². The maximum Gasteiger partial charge on any atom is 0.221 e. The average Bonchev–Trinajstić information content (AvgIpc) is 2.68. The molecule has 4 nitrogen and oxygen atoms in total. The molecule has 0 radical (unpaired) electrons. The summed E-state index contributed by atoms with van der Waals surface area (Å²) >= 11 is 0. The highest BCUT2D eigenvalue weighted by Crippen LogP contribution is 2.31. The van der Waals surface area contributed by atoms with E-state index in [1.54, 1.807) is 4.68 Å². The van der Waals surface area contributed by atoms with Crippen LogP contribution in [0, 0.1) is 13.8 Å². The highest BCUT2D eigenvalue weighted by Gasteiger charge is 2.16. The lowest BCUT2D eigenvalue weighted by Crippen LogP contribution is -2.05. The van der Waals surface area contributed by atoms with E-state index in [2.05, 4.69) is 44.1 Å². The number of hydrogen-bond acceptors (Lipinski definition) is 3. The van der Waals surface area contributed by atoms with Crippen molar-refractivity contribution in [2.75, 3.05) is 6.54 Å². The summed E-state index contributed by atoms with van der Waals surface area (Å²) in [5, 5.41) is 4.45. The number of nitrogens with two attached hydrogens (primary N) is 1. The third kappa shape index (κ3) is 3.27. The molecule has 0 amide bonds. The van der Waals surface area contributed by atoms with Gasteiger partial charge in [0.05, 0.1) is 5.69 Å². The molecular weight excluding hydrogens is 262 g/mol. The van der Waals surface area contributed by atoms with Gasteiger partial charge >= 0.3 is 0 Å². The molecular formula is C17H25N3O. The minimum absolute atomic E-state index is 0.477. The lowest BCUT2D eigenvalue weighted by atomic mass is 10.0. The first-order valence-corrected chi connectivity index (χ1v) is 7.45. The van der Waals surface area contributed by atoms with Gasteiger partial charge in [-0.25, -0.2) is 4.68 Å². The van der Waals surface area contributed by atoms with Crippen molar-refractivity contribution in [3.8, 4) is 11.6 Å². The molecule has 0 spiro atoms. The van der Waals surface area contributed by atoms with Gasteiger partial charge in [-0.2, -0.15) is 5.10 Å². The predicted octanol–water partition coefficient (Wildman–Crippen LogP) is 3.45. The van der Waals surface area contributed by atoms with Gasteiger partial charge in [-0.3, -0.25) is 0 Å². The van der Waals surface area contributed by atoms with Crippen LogP contribution in [0.4, 0.5) is 0 Å². The number of benzene rings is 1. The molecule has 0 aliphatic rings. The fourth-order valence-electron chi connectivity index (χ4n) is 2.43. The molecule has 2 aromatic rings. The largest absolute Gasteiger partial charge is 0.439 e. The first kappa shape index (κ1) is 15.6. The predicted molar refractivity (Wildman–Crippen MR) is 86.0 cm³/mol. The van der Waals surface area contributed by atoms with Gasteiger partial charge in [0, 0.05) is 12.6 Å². The highest BCUT2D eigenvalue weighted by molar-refractivity contribution is 5.42. The molecule has 0 fully saturated rings. The second-order valence-corrected chi connectivity index (χ2v) is 5.81. The van der Waals surface area contributed by atoms with Crippen LogP contribution in [0.5, 0.6) is 11.6 Å². The minimum Gasteiger partial charge on any atom is -0.439 e. The average molecular weight is 287 g/mol. The quantitative estimate of drug-likeness (QED) is 0.916. The Morgan fingerprint density at radius 2 is 2.00 bits per heavy atom. The Balaban J connectivity index is 2.40. The van der Waals surface area contributed by atoms with E-state index < -0.39 is 0 Å². The molecule has 0 saturated carbocycles. The second kappa shape index (κ2) is 6.31. The molecule has 1 aromatic carbocycles. The maximum absolute atomic E-state index is 6.18. The van der Waals surface area contributed by atoms with Crippen molar-refractivity contribution in [1.29, 1.82) is 0 Å². The van der Waals surface area contributed by atoms with Crippen LogP contribution >= 0.6 is 0 Å². The molecule has 21 heavy (non-hydrogen) atoms. The third-order valence-electron chi connectivity index (χ3n) is 3.77. The van der Waals surface area contributed by atoms with E-state index in [1.807, 2.05) is 14.0 Å². The van der Waals surface area contributed by atoms with Crippen LogP contribution in [0.1, 0.15) is 42.1 Å². The zero-order valence-corrected chi connectivity index (χ0v) is 13.6. The Bertz CT molecular complexity index is 629. The van der Waals surface area contributed by atoms with E-state index in [0.717, 1.165) is 34.9 Å². The number of aryl methyl sites for hydroxylation is 3. The summed E-state index contributed by atoms with van der Waals surface area (Å²) in [5.74, 6) is 2.16. The summed E-state index contributed by atoms with van der Waals surface area (Å²) in [7, 11) is 1.91. The lowest BCUT2D eigenvalue weighted by Gasteiger charge is -2.13. The summed E-state index contributed by atoms with van der Waals surface area (Å²) in [6.45, 7) is 9.01. The maximum atomic E-state index is 6.18. The zero-order valence-electron chi connectivity index (χ0n) is 13.6. The summed E-state index contributed by atoms with van der Waals surface area (Å²) in [6, 6.07) is 6.38. The Morgan fingerprint density at radius 3 is 2.62 bits per heavy atom. The Hall–Kier alpha value is -1.81. The van der Waals surface area contributed by atoms with Crippen molar-refractivity contribution in [3.05, 3.63) is 40.6 Å². The van der Waals surface area contributed by atoms with Gasteiger partial charge in [-0.1, -0.05) is 26.0 Å². The van der Waals surface area contributed by atoms with Gasteiger partial charge in [0.25, 0.3) is 0 Å². The lowest BCUT2D eigenvalue weighted by molar-refractivity contribution is 0.422. The van der Waals surface area contributed by atoms with E-state index in [4.69, 9.17) is 10.5 Å². The molecule has 0 aliphatic carbocycles. The smallest absolute Gasteiger partial charge is 0.221 e. The van der Waals surface area contributed by atoms with Crippen LogP contribution in [0.25, 0.3) is 0 Å². The Labute approximate surface area is 126 Å². The van der Waals surface area contributed by atoms with Crippen molar-refractivity contribution in [2.24, 2.45) is 12.8 Å². The second-order valence-electron chi connectivity index (χ2n) is 5.81. The van der Waals surface area contributed by atoms with Crippen molar-refractivity contribution < 1.29 is 4.74 Å². The van der Waals surface area contributed by atoms with Crippen LogP contribution in [-0.2, 0) is 13.5 Å². The zero-order chi connectivity index (χ0) is 15.6. The molecule has 2 rings (SSSR count). The van der Waals surface area contributed by atoms with Crippen LogP contribution in [0.2, 0.25) is 0 Å². The van der Waals surface area contributed by atoms with Crippen LogP contribution in [0.3, 0.4) is 0 Å². The van der Waals surface area contributed by atoms with Crippen molar-refractivity contribution in [1.82, 2.24) is 9.78 Å². The normalized spacial score (nSPS) is 11.2. The number of rotatable bonds is 5. The fourth-order valence-corrected chi connectivity index (χ4v) is 2.43. The first-order chi connectivity index (χ1) is 9.93. The van der Waals surface area contributed by atoms with Gasteiger partial charge in [0.1, 0.15) is 5.75 Å². The van der Waals surface area contributed by atoms with Gasteiger partial charge in [-0.15, -0.1) is 0 Å². The molecule has 0 bridgehead atoms. The number of hydrogen-bond donors (Lipinski definition) is 1. The van der Waals surface area contributed by atoms with E-state index >= 15 is 0 Å². The molecule has 1 heterocycles. The van der Waals surface area contributed by atoms with Gasteiger partial charge < -0.3 is 10.5 Å². The monoisotopic (exact) mass is 287 g/mol. The van der Waals surface area contributed by atoms with E-state index in [-0.39, 0.29) is 0 Å². The topological polar surface area (TPSA) is 53.1 Å². The molecule has 0 saturated heterocycles. The van der Waals surface area contributed by atoms with Crippen molar-refractivity contribution >= 4 is 0 Å². The van der Waals surface area contributed by atoms with Crippen LogP contribution in [-0.4, -0.2) is 16.3 Å².